The molecule has 46 heavy (non-hydrogen) atoms. The molecule has 0 spiro atoms. The van der Waals surface area contributed by atoms with Crippen molar-refractivity contribution in [3.63, 3.8) is 0 Å². The Bertz CT molecular complexity index is 1540. The molecule has 2 unspecified atom stereocenters. The first-order valence-corrected chi connectivity index (χ1v) is 17.8. The van der Waals surface area contributed by atoms with Crippen molar-refractivity contribution >= 4 is 10.0 Å². The lowest BCUT2D eigenvalue weighted by atomic mass is 9.80. The van der Waals surface area contributed by atoms with Crippen LogP contribution in [0.5, 0.6) is 11.6 Å². The van der Waals surface area contributed by atoms with Crippen molar-refractivity contribution in [2.45, 2.75) is 74.9 Å². The van der Waals surface area contributed by atoms with Crippen LogP contribution in [-0.2, 0) is 15.6 Å². The lowest BCUT2D eigenvalue weighted by Gasteiger charge is -2.46. The van der Waals surface area contributed by atoms with Crippen LogP contribution >= 0.6 is 0 Å². The zero-order valence-corrected chi connectivity index (χ0v) is 28.8. The molecule has 0 bridgehead atoms. The van der Waals surface area contributed by atoms with Crippen molar-refractivity contribution in [3.8, 4) is 11.6 Å². The normalized spacial score (nSPS) is 20.0. The molecule has 0 radical (unpaired) electrons. The summed E-state index contributed by atoms with van der Waals surface area (Å²) in [4.78, 5) is 14.3. The van der Waals surface area contributed by atoms with Gasteiger partial charge in [-0.25, -0.2) is 13.4 Å². The molecular formula is C35H50N6O4S. The summed E-state index contributed by atoms with van der Waals surface area (Å²) in [6.07, 6.45) is 7.01. The fourth-order valence-corrected chi connectivity index (χ4v) is 9.24. The zero-order valence-electron chi connectivity index (χ0n) is 28.0. The van der Waals surface area contributed by atoms with Gasteiger partial charge in [-0.15, -0.1) is 0 Å². The van der Waals surface area contributed by atoms with Crippen molar-refractivity contribution in [2.24, 2.45) is 5.73 Å². The Balaban J connectivity index is 1.18. The number of hydrogen-bond acceptors (Lipinski definition) is 9. The number of methoxy groups -OCH3 is 1. The van der Waals surface area contributed by atoms with Gasteiger partial charge in [0.05, 0.1) is 24.1 Å². The van der Waals surface area contributed by atoms with E-state index in [0.717, 1.165) is 58.2 Å². The van der Waals surface area contributed by atoms with Crippen LogP contribution in [0.15, 0.2) is 59.6 Å². The predicted octanol–water partition coefficient (Wildman–Crippen LogP) is 4.67. The van der Waals surface area contributed by atoms with Gasteiger partial charge in [0.15, 0.2) is 0 Å². The molecule has 0 saturated carbocycles. The van der Waals surface area contributed by atoms with Crippen LogP contribution in [0, 0.1) is 13.8 Å². The molecule has 3 aromatic rings. The summed E-state index contributed by atoms with van der Waals surface area (Å²) in [6, 6.07) is 15.4. The standard InChI is InChI=1S/C35H50N6O4S/c1-26-23-30(44-5)24-27(2)33(26)46(42,43)41-19-10-9-13-29(41)25-45-32-14-18-37-34(38-32)31(36)15-20-40-21-16-35(17-22-40,39(3)4)28-11-7-6-8-12-28/h6-8,11-12,14,18,23-24,29,31H,9-10,13,15-17,19-22,25,36H2,1-5H3. The number of hydrogen-bond donors (Lipinski definition) is 1. The average Bonchev–Trinajstić information content (AvgIpc) is 3.06. The summed E-state index contributed by atoms with van der Waals surface area (Å²) in [7, 11) is 2.21. The molecule has 1 aromatic heterocycles. The van der Waals surface area contributed by atoms with E-state index in [1.807, 2.05) is 13.8 Å². The monoisotopic (exact) mass is 650 g/mol. The van der Waals surface area contributed by atoms with Crippen LogP contribution < -0.4 is 15.2 Å². The molecule has 3 heterocycles. The topological polar surface area (TPSA) is 114 Å². The van der Waals surface area contributed by atoms with Crippen molar-refractivity contribution < 1.29 is 17.9 Å². The minimum atomic E-state index is -3.73. The molecule has 5 rings (SSSR count). The highest BCUT2D eigenvalue weighted by molar-refractivity contribution is 7.89. The number of aryl methyl sites for hydroxylation is 2. The Kier molecular flexibility index (Phi) is 11.0. The molecule has 250 valence electrons. The first kappa shape index (κ1) is 34.3. The third-order valence-electron chi connectivity index (χ3n) is 9.82. The number of nitrogens with zero attached hydrogens (tertiary/aromatic N) is 5. The Morgan fingerprint density at radius 3 is 2.39 bits per heavy atom. The summed E-state index contributed by atoms with van der Waals surface area (Å²) >= 11 is 0. The van der Waals surface area contributed by atoms with E-state index in [0.29, 0.717) is 40.0 Å². The number of likely N-dealkylation sites (tertiary alicyclic amines) is 1. The zero-order chi connectivity index (χ0) is 32.9. The van der Waals surface area contributed by atoms with Gasteiger partial charge >= 0.3 is 0 Å². The van der Waals surface area contributed by atoms with Gasteiger partial charge in [-0.05, 0) is 88.9 Å². The summed E-state index contributed by atoms with van der Waals surface area (Å²) in [6.45, 7) is 7.17. The SMILES string of the molecule is COc1cc(C)c(S(=O)(=O)N2CCCCC2COc2ccnc(C(N)CCN3CCC(c4ccccc4)(N(C)C)CC3)n2)c(C)c1. The maximum absolute atomic E-state index is 13.9. The molecule has 2 aromatic carbocycles. The number of piperidine rings is 2. The van der Waals surface area contributed by atoms with Crippen LogP contribution in [0.25, 0.3) is 0 Å². The number of aromatic nitrogens is 2. The van der Waals surface area contributed by atoms with Crippen LogP contribution in [-0.4, -0.2) is 92.5 Å². The number of nitrogens with two attached hydrogens (primary N) is 1. The number of benzene rings is 2. The summed E-state index contributed by atoms with van der Waals surface area (Å²) < 4.78 is 40.9. The largest absolute Gasteiger partial charge is 0.497 e. The maximum atomic E-state index is 13.9. The highest BCUT2D eigenvalue weighted by Crippen LogP contribution is 2.37. The Morgan fingerprint density at radius 2 is 1.74 bits per heavy atom. The van der Waals surface area contributed by atoms with Crippen molar-refractivity contribution in [1.29, 1.82) is 0 Å². The van der Waals surface area contributed by atoms with E-state index in [4.69, 9.17) is 15.2 Å². The van der Waals surface area contributed by atoms with E-state index in [-0.39, 0.29) is 24.2 Å². The molecule has 2 aliphatic heterocycles. The van der Waals surface area contributed by atoms with E-state index in [1.165, 1.54) is 5.56 Å². The van der Waals surface area contributed by atoms with E-state index in [9.17, 15) is 8.42 Å². The molecule has 2 saturated heterocycles. The van der Waals surface area contributed by atoms with Gasteiger partial charge < -0.3 is 20.1 Å². The molecule has 0 amide bonds. The molecule has 2 fully saturated rings. The fraction of sp³-hybridized carbons (Fsp3) is 0.543. The first-order valence-electron chi connectivity index (χ1n) is 16.4. The van der Waals surface area contributed by atoms with Crippen LogP contribution in [0.1, 0.15) is 67.1 Å². The van der Waals surface area contributed by atoms with Crippen molar-refractivity contribution in [2.75, 3.05) is 54.0 Å². The van der Waals surface area contributed by atoms with Crippen molar-refractivity contribution in [3.05, 3.63) is 77.2 Å². The van der Waals surface area contributed by atoms with Gasteiger partial charge in [0.25, 0.3) is 0 Å². The Hall–Kier alpha value is -3.09. The van der Waals surface area contributed by atoms with E-state index in [2.05, 4.69) is 64.2 Å². The predicted molar refractivity (Wildman–Crippen MR) is 181 cm³/mol. The van der Waals surface area contributed by atoms with E-state index < -0.39 is 10.0 Å². The van der Waals surface area contributed by atoms with E-state index >= 15 is 0 Å². The molecule has 10 nitrogen and oxygen atoms in total. The second-order valence-electron chi connectivity index (χ2n) is 12.9. The lowest BCUT2D eigenvalue weighted by molar-refractivity contribution is 0.0526. The number of rotatable bonds is 12. The molecule has 2 atom stereocenters. The summed E-state index contributed by atoms with van der Waals surface area (Å²) in [5, 5.41) is 0. The van der Waals surface area contributed by atoms with Crippen LogP contribution in [0.3, 0.4) is 0 Å². The van der Waals surface area contributed by atoms with E-state index in [1.54, 1.807) is 35.8 Å². The first-order chi connectivity index (χ1) is 22.0. The third-order valence-corrected chi connectivity index (χ3v) is 12.1. The van der Waals surface area contributed by atoms with Gasteiger partial charge in [0.2, 0.25) is 15.9 Å². The number of sulfonamides is 1. The summed E-state index contributed by atoms with van der Waals surface area (Å²) in [5.41, 5.74) is 9.37. The van der Waals surface area contributed by atoms with Crippen LogP contribution in [0.4, 0.5) is 0 Å². The molecule has 2 aliphatic rings. The molecule has 2 N–H and O–H groups in total. The smallest absolute Gasteiger partial charge is 0.243 e. The second kappa shape index (κ2) is 14.8. The second-order valence-corrected chi connectivity index (χ2v) is 14.8. The van der Waals surface area contributed by atoms with Gasteiger partial charge in [0, 0.05) is 44.0 Å². The maximum Gasteiger partial charge on any atom is 0.243 e. The molecule has 11 heteroatoms. The Labute approximate surface area is 275 Å². The minimum Gasteiger partial charge on any atom is -0.497 e. The third kappa shape index (κ3) is 7.39. The average molecular weight is 651 g/mol. The Morgan fingerprint density at radius 1 is 1.04 bits per heavy atom. The fourth-order valence-electron chi connectivity index (χ4n) is 7.15. The quantitative estimate of drug-likeness (QED) is 0.299. The number of ether oxygens (including phenoxy) is 2. The van der Waals surface area contributed by atoms with Crippen molar-refractivity contribution in [1.82, 2.24) is 24.1 Å². The molecular weight excluding hydrogens is 600 g/mol. The minimum absolute atomic E-state index is 0.0498. The lowest BCUT2D eigenvalue weighted by Crippen LogP contribution is -2.50. The summed E-state index contributed by atoms with van der Waals surface area (Å²) in [5.74, 6) is 1.60. The van der Waals surface area contributed by atoms with Crippen LogP contribution in [0.2, 0.25) is 0 Å². The van der Waals surface area contributed by atoms with Gasteiger partial charge in [-0.2, -0.15) is 9.29 Å². The molecule has 0 aliphatic carbocycles. The van der Waals surface area contributed by atoms with Gasteiger partial charge in [-0.3, -0.25) is 4.90 Å². The van der Waals surface area contributed by atoms with Gasteiger partial charge in [-0.1, -0.05) is 36.8 Å². The highest BCUT2D eigenvalue weighted by atomic mass is 32.2. The van der Waals surface area contributed by atoms with Gasteiger partial charge in [0.1, 0.15) is 18.2 Å². The highest BCUT2D eigenvalue weighted by Gasteiger charge is 2.38.